The van der Waals surface area contributed by atoms with Gasteiger partial charge in [-0.2, -0.15) is 0 Å². The van der Waals surface area contributed by atoms with E-state index < -0.39 is 0 Å². The molecular formula is C41H38Cl2FN3O4. The van der Waals surface area contributed by atoms with Gasteiger partial charge in [0.2, 0.25) is 11.8 Å². The molecular weight excluding hydrogens is 688 g/mol. The summed E-state index contributed by atoms with van der Waals surface area (Å²) >= 11 is 12.8. The Hall–Kier alpha value is -4.89. The van der Waals surface area contributed by atoms with E-state index in [4.69, 9.17) is 37.4 Å². The molecule has 0 atom stereocenters. The molecule has 2 heterocycles. The van der Waals surface area contributed by atoms with Gasteiger partial charge in [-0.05, 0) is 77.7 Å². The van der Waals surface area contributed by atoms with Crippen molar-refractivity contribution in [1.82, 2.24) is 14.8 Å². The number of pyridine rings is 1. The Labute approximate surface area is 307 Å². The van der Waals surface area contributed by atoms with E-state index in [0.717, 1.165) is 42.7 Å². The average molecular weight is 727 g/mol. The Balaban J connectivity index is 0.936. The Morgan fingerprint density at radius 2 is 1.57 bits per heavy atom. The van der Waals surface area contributed by atoms with E-state index in [-0.39, 0.29) is 11.7 Å². The van der Waals surface area contributed by atoms with E-state index in [1.807, 2.05) is 42.2 Å². The highest BCUT2D eigenvalue weighted by Gasteiger charge is 2.20. The molecule has 262 valence electrons. The topological polar surface area (TPSA) is 64.1 Å². The number of hydrogen-bond donors (Lipinski definition) is 0. The molecule has 10 heteroatoms. The number of piperazine rings is 1. The number of carbonyl (C=O) groups excluding carboxylic acids is 1. The molecule has 1 fully saturated rings. The van der Waals surface area contributed by atoms with Gasteiger partial charge in [0, 0.05) is 67.9 Å². The fourth-order valence-electron chi connectivity index (χ4n) is 5.60. The van der Waals surface area contributed by atoms with E-state index in [0.29, 0.717) is 59.5 Å². The zero-order valence-electron chi connectivity index (χ0n) is 28.2. The minimum atomic E-state index is -0.274. The van der Waals surface area contributed by atoms with E-state index in [1.165, 1.54) is 23.3 Å². The summed E-state index contributed by atoms with van der Waals surface area (Å²) in [6.07, 6.45) is 5.70. The third kappa shape index (κ3) is 10.3. The number of aromatic nitrogens is 1. The van der Waals surface area contributed by atoms with Crippen LogP contribution in [-0.4, -0.2) is 53.5 Å². The third-order valence-corrected chi connectivity index (χ3v) is 9.26. The van der Waals surface area contributed by atoms with Gasteiger partial charge in [-0.15, -0.1) is 0 Å². The first-order valence-corrected chi connectivity index (χ1v) is 17.5. The van der Waals surface area contributed by atoms with E-state index >= 15 is 0 Å². The van der Waals surface area contributed by atoms with Crippen LogP contribution < -0.4 is 14.2 Å². The highest BCUT2D eigenvalue weighted by atomic mass is 35.5. The first kappa shape index (κ1) is 35.9. The van der Waals surface area contributed by atoms with Crippen LogP contribution in [0.5, 0.6) is 23.1 Å². The van der Waals surface area contributed by atoms with Crippen LogP contribution >= 0.6 is 23.2 Å². The summed E-state index contributed by atoms with van der Waals surface area (Å²) in [7, 11) is 0. The Kier molecular flexibility index (Phi) is 12.2. The van der Waals surface area contributed by atoms with E-state index in [9.17, 15) is 9.18 Å². The molecule has 0 unspecified atom stereocenters. The largest absolute Gasteiger partial charge is 0.493 e. The fourth-order valence-corrected chi connectivity index (χ4v) is 6.01. The highest BCUT2D eigenvalue weighted by molar-refractivity contribution is 6.32. The van der Waals surface area contributed by atoms with Gasteiger partial charge in [-0.1, -0.05) is 65.7 Å². The smallest absolute Gasteiger partial charge is 0.246 e. The maximum Gasteiger partial charge on any atom is 0.246 e. The summed E-state index contributed by atoms with van der Waals surface area (Å²) in [6, 6.07) is 29.3. The number of halogens is 3. The van der Waals surface area contributed by atoms with Crippen LogP contribution in [-0.2, 0) is 24.4 Å². The molecule has 4 aromatic carbocycles. The Bertz CT molecular complexity index is 1950. The lowest BCUT2D eigenvalue weighted by atomic mass is 10.1. The van der Waals surface area contributed by atoms with Crippen molar-refractivity contribution in [2.45, 2.75) is 26.5 Å². The molecule has 0 saturated carbocycles. The molecule has 1 aliphatic rings. The molecule has 1 aromatic heterocycles. The minimum Gasteiger partial charge on any atom is -0.493 e. The third-order valence-electron chi connectivity index (χ3n) is 8.56. The van der Waals surface area contributed by atoms with Crippen molar-refractivity contribution in [3.63, 3.8) is 0 Å². The first-order valence-electron chi connectivity index (χ1n) is 16.7. The Morgan fingerprint density at radius 3 is 2.29 bits per heavy atom. The minimum absolute atomic E-state index is 0.0445. The lowest BCUT2D eigenvalue weighted by Gasteiger charge is -2.34. The predicted octanol–water partition coefficient (Wildman–Crippen LogP) is 9.19. The fraction of sp³-hybridized carbons (Fsp3) is 0.220. The van der Waals surface area contributed by atoms with Gasteiger partial charge in [0.05, 0.1) is 17.8 Å². The quantitative estimate of drug-likeness (QED) is 0.113. The van der Waals surface area contributed by atoms with Crippen LogP contribution in [0.25, 0.3) is 6.08 Å². The van der Waals surface area contributed by atoms with Crippen molar-refractivity contribution in [3.8, 4) is 23.1 Å². The van der Waals surface area contributed by atoms with Crippen molar-refractivity contribution < 1.29 is 23.4 Å². The molecule has 0 aliphatic carbocycles. The summed E-state index contributed by atoms with van der Waals surface area (Å²) in [5.41, 5.74) is 4.88. The average Bonchev–Trinajstić information content (AvgIpc) is 3.14. The molecule has 6 rings (SSSR count). The summed E-state index contributed by atoms with van der Waals surface area (Å²) in [4.78, 5) is 21.6. The molecule has 1 aliphatic heterocycles. The van der Waals surface area contributed by atoms with Gasteiger partial charge in [0.15, 0.2) is 0 Å². The molecule has 1 saturated heterocycles. The number of amides is 1. The number of aryl methyl sites for hydroxylation is 1. The second kappa shape index (κ2) is 17.4. The lowest BCUT2D eigenvalue weighted by molar-refractivity contribution is -0.127. The number of carbonyl (C=O) groups is 1. The molecule has 7 nitrogen and oxygen atoms in total. The van der Waals surface area contributed by atoms with E-state index in [2.05, 4.69) is 34.1 Å². The zero-order valence-corrected chi connectivity index (χ0v) is 29.7. The van der Waals surface area contributed by atoms with Crippen LogP contribution in [0.1, 0.15) is 27.8 Å². The van der Waals surface area contributed by atoms with Crippen molar-refractivity contribution in [2.75, 3.05) is 32.8 Å². The summed E-state index contributed by atoms with van der Waals surface area (Å²) < 4.78 is 30.6. The summed E-state index contributed by atoms with van der Waals surface area (Å²) in [5, 5.41) is 1.12. The van der Waals surface area contributed by atoms with Crippen molar-refractivity contribution >= 4 is 35.2 Å². The van der Waals surface area contributed by atoms with Gasteiger partial charge in [0.1, 0.15) is 29.7 Å². The van der Waals surface area contributed by atoms with Gasteiger partial charge in [-0.3, -0.25) is 9.69 Å². The molecule has 0 N–H and O–H groups in total. The SMILES string of the molecule is Cc1cc(/C=C/C(=O)N2CCN(Cc3ccc(CCOc4ccc(F)cc4)cc3)CC2)c(Cl)cc1Oc1ccc(OCc2ccccc2Cl)cn1. The molecule has 0 spiro atoms. The maximum atomic E-state index is 13.1. The molecule has 0 bridgehead atoms. The van der Waals surface area contributed by atoms with Crippen LogP contribution in [0.4, 0.5) is 4.39 Å². The Morgan fingerprint density at radius 1 is 0.843 bits per heavy atom. The second-order valence-corrected chi connectivity index (χ2v) is 13.1. The maximum absolute atomic E-state index is 13.1. The molecule has 0 radical (unpaired) electrons. The predicted molar refractivity (Wildman–Crippen MR) is 199 cm³/mol. The van der Waals surface area contributed by atoms with Crippen molar-refractivity contribution in [2.24, 2.45) is 0 Å². The number of ether oxygens (including phenoxy) is 3. The van der Waals surface area contributed by atoms with Gasteiger partial charge in [0.25, 0.3) is 0 Å². The van der Waals surface area contributed by atoms with Crippen LogP contribution in [0.2, 0.25) is 10.0 Å². The number of hydrogen-bond acceptors (Lipinski definition) is 6. The zero-order chi connectivity index (χ0) is 35.6. The summed E-state index contributed by atoms with van der Waals surface area (Å²) in [6.45, 7) is 6.49. The number of nitrogens with zero attached hydrogens (tertiary/aromatic N) is 3. The number of benzene rings is 4. The van der Waals surface area contributed by atoms with E-state index in [1.54, 1.807) is 48.7 Å². The standard InChI is InChI=1S/C41H38Cl2FN3O4/c1-29-24-32(38(43)25-39(29)51-40-16-15-36(26-45-40)50-28-33-4-2-3-5-37(33)42)10-17-41(48)47-21-19-46(20-22-47)27-31-8-6-30(7-9-31)18-23-49-35-13-11-34(44)12-14-35/h2-17,24-26H,18-23,27-28H2,1H3/b17-10+. The lowest BCUT2D eigenvalue weighted by Crippen LogP contribution is -2.47. The second-order valence-electron chi connectivity index (χ2n) is 12.3. The normalized spacial score (nSPS) is 13.4. The molecule has 1 amide bonds. The first-order chi connectivity index (χ1) is 24.8. The van der Waals surface area contributed by atoms with Crippen molar-refractivity contribution in [1.29, 1.82) is 0 Å². The van der Waals surface area contributed by atoms with Crippen LogP contribution in [0.15, 0.2) is 109 Å². The van der Waals surface area contributed by atoms with Gasteiger partial charge >= 0.3 is 0 Å². The molecule has 5 aromatic rings. The number of rotatable bonds is 13. The van der Waals surface area contributed by atoms with Gasteiger partial charge < -0.3 is 19.1 Å². The van der Waals surface area contributed by atoms with Crippen LogP contribution in [0.3, 0.4) is 0 Å². The van der Waals surface area contributed by atoms with Gasteiger partial charge in [-0.25, -0.2) is 9.37 Å². The summed E-state index contributed by atoms with van der Waals surface area (Å²) in [5.74, 6) is 1.91. The van der Waals surface area contributed by atoms with Crippen LogP contribution in [0, 0.1) is 12.7 Å². The van der Waals surface area contributed by atoms with Crippen molar-refractivity contribution in [3.05, 3.63) is 153 Å². The highest BCUT2D eigenvalue weighted by Crippen LogP contribution is 2.31. The monoisotopic (exact) mass is 725 g/mol. The molecule has 51 heavy (non-hydrogen) atoms.